The van der Waals surface area contributed by atoms with Crippen LogP contribution in [0.2, 0.25) is 0 Å². The molecule has 61 heavy (non-hydrogen) atoms. The molecule has 0 fully saturated rings. The zero-order chi connectivity index (χ0) is 42.0. The van der Waals surface area contributed by atoms with Gasteiger partial charge >= 0.3 is 0 Å². The monoisotopic (exact) mass is 794 g/mol. The van der Waals surface area contributed by atoms with Crippen LogP contribution >= 0.6 is 0 Å². The number of pyridine rings is 1. The van der Waals surface area contributed by atoms with E-state index in [1.165, 1.54) is 49.0 Å². The first kappa shape index (κ1) is 38.1. The highest BCUT2D eigenvalue weighted by molar-refractivity contribution is 6.20. The number of para-hydroxylation sites is 2. The van der Waals surface area contributed by atoms with Gasteiger partial charge in [0.1, 0.15) is 17.3 Å². The quantitative estimate of drug-likeness (QED) is 0.182. The van der Waals surface area contributed by atoms with E-state index in [2.05, 4.69) is 209 Å². The highest BCUT2D eigenvalue weighted by atomic mass is 16.5. The molecule has 10 rings (SSSR count). The van der Waals surface area contributed by atoms with Crippen LogP contribution < -0.4 is 10.1 Å². The first-order valence-corrected chi connectivity index (χ1v) is 21.2. The second kappa shape index (κ2) is 14.6. The number of hydrogen-bond acceptors (Lipinski definition) is 3. The smallest absolute Gasteiger partial charge is 0.137 e. The van der Waals surface area contributed by atoms with Gasteiger partial charge in [-0.05, 0) is 105 Å². The molecule has 0 bridgehead atoms. The fourth-order valence-electron chi connectivity index (χ4n) is 8.94. The molecule has 0 unspecified atom stereocenters. The predicted molar refractivity (Wildman–Crippen MR) is 259 cm³/mol. The highest BCUT2D eigenvalue weighted by Gasteiger charge is 2.20. The first-order chi connectivity index (χ1) is 29.4. The maximum atomic E-state index is 6.71. The largest absolute Gasteiger partial charge is 0.457 e. The number of aryl methyl sites for hydroxylation is 1. The molecule has 0 atom stereocenters. The third kappa shape index (κ3) is 6.90. The Labute approximate surface area is 357 Å². The van der Waals surface area contributed by atoms with Gasteiger partial charge in [-0.1, -0.05) is 139 Å². The van der Waals surface area contributed by atoms with E-state index in [0.717, 1.165) is 61.5 Å². The Kier molecular flexibility index (Phi) is 9.10. The van der Waals surface area contributed by atoms with Gasteiger partial charge in [-0.15, -0.1) is 0 Å². The number of ether oxygens (including phenoxy) is 1. The van der Waals surface area contributed by atoms with Crippen molar-refractivity contribution < 1.29 is 4.74 Å². The molecule has 0 radical (unpaired) electrons. The van der Waals surface area contributed by atoms with Gasteiger partial charge in [0.25, 0.3) is 0 Å². The summed E-state index contributed by atoms with van der Waals surface area (Å²) in [7, 11) is 0. The molecule has 5 heteroatoms. The lowest BCUT2D eigenvalue weighted by Gasteiger charge is -2.21. The molecule has 3 heterocycles. The van der Waals surface area contributed by atoms with E-state index in [-0.39, 0.29) is 10.8 Å². The van der Waals surface area contributed by atoms with E-state index in [0.29, 0.717) is 0 Å². The minimum absolute atomic E-state index is 0.0111. The number of nitrogens with zero attached hydrogens (tertiary/aromatic N) is 2. The molecule has 300 valence electrons. The summed E-state index contributed by atoms with van der Waals surface area (Å²) < 4.78 is 8.99. The van der Waals surface area contributed by atoms with Gasteiger partial charge in [-0.3, -0.25) is 4.57 Å². The standard InChI is InChI=1S/C56H50N4O/c1-35-25-27-44-45-28-26-39(34-51(45)60(50(44)31-35)52-32-36(29-30-57-52)55(2,3)4)61-38-16-12-15-37(33-38)58-49-24-14-22-47-43-20-11-9-18-41(43)40-17-8-10-19-42(40)46-21-13-23-48(56(5,6)7)53(46)59-54(47)49/h8-34,58-59H,1-7H3. The average Bonchev–Trinajstić information content (AvgIpc) is 3.58. The summed E-state index contributed by atoms with van der Waals surface area (Å²) in [6, 6.07) is 56.3. The van der Waals surface area contributed by atoms with Crippen LogP contribution in [-0.4, -0.2) is 14.5 Å². The van der Waals surface area contributed by atoms with Crippen molar-refractivity contribution in [2.24, 2.45) is 0 Å². The van der Waals surface area contributed by atoms with Crippen LogP contribution in [0.15, 0.2) is 164 Å². The minimum Gasteiger partial charge on any atom is -0.457 e. The molecule has 0 amide bonds. The molecule has 10 aromatic rings. The van der Waals surface area contributed by atoms with Gasteiger partial charge in [0.05, 0.1) is 27.8 Å². The molecule has 2 N–H and O–H groups in total. The number of H-pyrrole nitrogens is 1. The molecule has 0 spiro atoms. The van der Waals surface area contributed by atoms with E-state index in [1.807, 2.05) is 18.3 Å². The van der Waals surface area contributed by atoms with Crippen LogP contribution in [-0.2, 0) is 10.8 Å². The Hall–Kier alpha value is -7.11. The van der Waals surface area contributed by atoms with Crippen LogP contribution in [0.3, 0.4) is 0 Å². The maximum Gasteiger partial charge on any atom is 0.137 e. The lowest BCUT2D eigenvalue weighted by molar-refractivity contribution is 0.483. The SMILES string of the molecule is Cc1ccc2c3ccc(Oc4cccc(Nc5cccc6c5[nH]c5c(C(C)(C)C)cccc5c5ccccc5c5ccccc65)c4)cc3n(-c3cc(C(C)(C)C)ccn3)c2c1. The normalized spacial score (nSPS) is 12.2. The number of hydrogen-bond donors (Lipinski definition) is 2. The molecule has 3 aromatic heterocycles. The molecular weight excluding hydrogens is 745 g/mol. The van der Waals surface area contributed by atoms with Crippen molar-refractivity contribution in [2.45, 2.75) is 59.3 Å². The van der Waals surface area contributed by atoms with Crippen molar-refractivity contribution in [2.75, 3.05) is 5.32 Å². The summed E-state index contributed by atoms with van der Waals surface area (Å²) in [6.07, 6.45) is 1.92. The summed E-state index contributed by atoms with van der Waals surface area (Å²) in [6.45, 7) is 15.7. The Morgan fingerprint density at radius 2 is 1.10 bits per heavy atom. The molecule has 5 nitrogen and oxygen atoms in total. The number of rotatable bonds is 5. The molecule has 0 aliphatic carbocycles. The Balaban J connectivity index is 1.11. The summed E-state index contributed by atoms with van der Waals surface area (Å²) in [5, 5.41) is 13.3. The van der Waals surface area contributed by atoms with Gasteiger partial charge in [0, 0.05) is 45.6 Å². The topological polar surface area (TPSA) is 54.9 Å². The van der Waals surface area contributed by atoms with Gasteiger partial charge in [-0.25, -0.2) is 4.98 Å². The third-order valence-electron chi connectivity index (χ3n) is 12.0. The van der Waals surface area contributed by atoms with Crippen LogP contribution in [0, 0.1) is 6.92 Å². The predicted octanol–water partition coefficient (Wildman–Crippen LogP) is 15.7. The summed E-state index contributed by atoms with van der Waals surface area (Å²) in [5.41, 5.74) is 9.78. The fraction of sp³-hybridized carbons (Fsp3) is 0.161. The maximum absolute atomic E-state index is 6.71. The number of nitrogens with one attached hydrogen (secondary N) is 2. The van der Waals surface area contributed by atoms with Gasteiger partial charge in [0.15, 0.2) is 0 Å². The highest BCUT2D eigenvalue weighted by Crippen LogP contribution is 2.39. The van der Waals surface area contributed by atoms with Gasteiger partial charge in [-0.2, -0.15) is 0 Å². The van der Waals surface area contributed by atoms with Crippen molar-refractivity contribution >= 4 is 76.5 Å². The Morgan fingerprint density at radius 3 is 1.79 bits per heavy atom. The summed E-state index contributed by atoms with van der Waals surface area (Å²) >= 11 is 0. The zero-order valence-corrected chi connectivity index (χ0v) is 35.9. The van der Waals surface area contributed by atoms with Crippen LogP contribution in [0.25, 0.3) is 71.0 Å². The van der Waals surface area contributed by atoms with E-state index in [9.17, 15) is 0 Å². The van der Waals surface area contributed by atoms with Crippen molar-refractivity contribution in [1.82, 2.24) is 14.5 Å². The van der Waals surface area contributed by atoms with Crippen molar-refractivity contribution in [3.63, 3.8) is 0 Å². The molecule has 0 aliphatic rings. The van der Waals surface area contributed by atoms with Gasteiger partial charge in [0.2, 0.25) is 0 Å². The van der Waals surface area contributed by atoms with E-state index >= 15 is 0 Å². The van der Waals surface area contributed by atoms with Crippen molar-refractivity contribution in [3.8, 4) is 17.3 Å². The van der Waals surface area contributed by atoms with Crippen molar-refractivity contribution in [3.05, 3.63) is 181 Å². The molecule has 0 aliphatic heterocycles. The minimum atomic E-state index is -0.105. The number of aromatic nitrogens is 3. The second-order valence-corrected chi connectivity index (χ2v) is 18.4. The number of anilines is 2. The average molecular weight is 795 g/mol. The van der Waals surface area contributed by atoms with Crippen LogP contribution in [0.1, 0.15) is 58.2 Å². The second-order valence-electron chi connectivity index (χ2n) is 18.4. The zero-order valence-electron chi connectivity index (χ0n) is 35.9. The van der Waals surface area contributed by atoms with E-state index in [4.69, 9.17) is 9.72 Å². The van der Waals surface area contributed by atoms with Gasteiger partial charge < -0.3 is 15.0 Å². The third-order valence-corrected chi connectivity index (χ3v) is 12.0. The van der Waals surface area contributed by atoms with Crippen molar-refractivity contribution in [1.29, 1.82) is 0 Å². The number of fused-ring (bicyclic) bond motifs is 10. The summed E-state index contributed by atoms with van der Waals surface area (Å²) in [5.74, 6) is 2.38. The number of benzene rings is 7. The molecule has 7 aromatic carbocycles. The Bertz CT molecular complexity index is 3410. The van der Waals surface area contributed by atoms with Crippen LogP contribution in [0.4, 0.5) is 11.4 Å². The first-order valence-electron chi connectivity index (χ1n) is 21.2. The molecular formula is C56H50N4O. The Morgan fingerprint density at radius 1 is 0.508 bits per heavy atom. The number of aromatic amines is 1. The van der Waals surface area contributed by atoms with Crippen LogP contribution in [0.5, 0.6) is 11.5 Å². The van der Waals surface area contributed by atoms with E-state index < -0.39 is 0 Å². The lowest BCUT2D eigenvalue weighted by Crippen LogP contribution is -2.12. The molecule has 0 saturated carbocycles. The lowest BCUT2D eigenvalue weighted by atomic mass is 9.85. The fourth-order valence-corrected chi connectivity index (χ4v) is 8.94. The summed E-state index contributed by atoms with van der Waals surface area (Å²) in [4.78, 5) is 8.94. The van der Waals surface area contributed by atoms with E-state index in [1.54, 1.807) is 0 Å². The molecule has 0 saturated heterocycles.